The third-order valence-electron chi connectivity index (χ3n) is 8.54. The number of aromatic nitrogens is 4. The number of aliphatic hydroxyl groups excluding tert-OH is 1. The van der Waals surface area contributed by atoms with Gasteiger partial charge >= 0.3 is 0 Å². The molecule has 3 fully saturated rings. The number of benzene rings is 2. The van der Waals surface area contributed by atoms with Crippen LogP contribution in [-0.4, -0.2) is 43.7 Å². The minimum Gasteiger partial charge on any atom is -0.391 e. The first-order valence-electron chi connectivity index (χ1n) is 12.6. The molecule has 2 bridgehead atoms. The number of fused-ring (bicyclic) bond motifs is 4. The number of aromatic amines is 1. The summed E-state index contributed by atoms with van der Waals surface area (Å²) in [4.78, 5) is 4.32. The van der Waals surface area contributed by atoms with Crippen LogP contribution in [0, 0.1) is 0 Å². The summed E-state index contributed by atoms with van der Waals surface area (Å²) in [6, 6.07) is 23.1. The predicted octanol–water partition coefficient (Wildman–Crippen LogP) is 4.06. The predicted molar refractivity (Wildman–Crippen MR) is 137 cm³/mol. The van der Waals surface area contributed by atoms with E-state index in [1.807, 2.05) is 12.1 Å². The summed E-state index contributed by atoms with van der Waals surface area (Å²) in [7, 11) is 0. The molecule has 4 aromatic rings. The molecule has 2 heterocycles. The molecule has 0 spiro atoms. The van der Waals surface area contributed by atoms with Gasteiger partial charge in [-0.05, 0) is 73.2 Å². The average Bonchev–Trinajstić information content (AvgIpc) is 3.37. The molecule has 7 rings (SSSR count). The Morgan fingerprint density at radius 3 is 2.43 bits per heavy atom. The third kappa shape index (κ3) is 3.89. The Bertz CT molecular complexity index is 1300. The molecule has 2 aromatic carbocycles. The molecule has 2 atom stereocenters. The van der Waals surface area contributed by atoms with Gasteiger partial charge in [-0.3, -0.25) is 0 Å². The van der Waals surface area contributed by atoms with Crippen LogP contribution >= 0.6 is 0 Å². The number of rotatable bonds is 7. The van der Waals surface area contributed by atoms with Crippen molar-refractivity contribution in [2.45, 2.75) is 61.5 Å². The van der Waals surface area contributed by atoms with Crippen molar-refractivity contribution in [2.24, 2.45) is 0 Å². The molecule has 5 N–H and O–H groups in total. The lowest BCUT2D eigenvalue weighted by molar-refractivity contribution is -0.0541. The fourth-order valence-electron chi connectivity index (χ4n) is 6.57. The lowest BCUT2D eigenvalue weighted by Crippen LogP contribution is -2.64. The van der Waals surface area contributed by atoms with E-state index >= 15 is 0 Å². The fraction of sp³-hybridized carbons (Fsp3) is 0.393. The Balaban J connectivity index is 1.22. The maximum absolute atomic E-state index is 11.3. The molecule has 3 aliphatic carbocycles. The van der Waals surface area contributed by atoms with Gasteiger partial charge in [0.15, 0.2) is 0 Å². The van der Waals surface area contributed by atoms with Crippen molar-refractivity contribution < 1.29 is 5.11 Å². The summed E-state index contributed by atoms with van der Waals surface area (Å²) in [5.41, 5.74) is 10.9. The van der Waals surface area contributed by atoms with E-state index in [1.54, 1.807) is 0 Å². The van der Waals surface area contributed by atoms with E-state index in [0.29, 0.717) is 11.5 Å². The number of hydrogen-bond donors (Lipinski definition) is 4. The number of nitrogens with one attached hydrogen (secondary N) is 2. The van der Waals surface area contributed by atoms with Crippen molar-refractivity contribution in [3.63, 3.8) is 0 Å². The van der Waals surface area contributed by atoms with Crippen molar-refractivity contribution in [3.8, 4) is 0 Å². The van der Waals surface area contributed by atoms with Crippen LogP contribution in [0.4, 0.5) is 5.82 Å². The molecule has 0 aliphatic heterocycles. The van der Waals surface area contributed by atoms with Gasteiger partial charge in [-0.25, -0.2) is 4.98 Å². The van der Waals surface area contributed by atoms with Crippen LogP contribution in [0.2, 0.25) is 0 Å². The molecular formula is C28H32N6O. The van der Waals surface area contributed by atoms with Gasteiger partial charge < -0.3 is 16.2 Å². The Hall–Kier alpha value is -3.29. The van der Waals surface area contributed by atoms with E-state index < -0.39 is 0 Å². The standard InChI is InChI=1S/C28H32N6O/c29-24-17-22(25-26(31-24)33-34-32-25)21(19-7-3-1-4-8-19)11-16-30-28-14-12-27(13-15-28,18-23(28)35)20-9-5-2-6-10-20/h1-10,17,21,23,30,35H,11-16,18H2,(H3,29,31,32,33,34). The number of nitrogens with two attached hydrogens (primary N) is 1. The summed E-state index contributed by atoms with van der Waals surface area (Å²) < 4.78 is 0. The third-order valence-corrected chi connectivity index (χ3v) is 8.54. The van der Waals surface area contributed by atoms with Crippen LogP contribution in [0.3, 0.4) is 0 Å². The number of nitrogens with zero attached hydrogens (tertiary/aromatic N) is 3. The Labute approximate surface area is 205 Å². The second-order valence-corrected chi connectivity index (χ2v) is 10.3. The first-order valence-corrected chi connectivity index (χ1v) is 12.6. The number of nitrogen functional groups attached to an aromatic ring is 1. The number of pyridine rings is 1. The van der Waals surface area contributed by atoms with Gasteiger partial charge in [0.2, 0.25) is 5.65 Å². The summed E-state index contributed by atoms with van der Waals surface area (Å²) in [6.45, 7) is 0.788. The van der Waals surface area contributed by atoms with Gasteiger partial charge in [0.05, 0.1) is 6.10 Å². The summed E-state index contributed by atoms with van der Waals surface area (Å²) >= 11 is 0. The highest BCUT2D eigenvalue weighted by atomic mass is 16.3. The van der Waals surface area contributed by atoms with Crippen molar-refractivity contribution >= 4 is 17.0 Å². The Kier molecular flexibility index (Phi) is 5.54. The maximum atomic E-state index is 11.3. The van der Waals surface area contributed by atoms with Crippen molar-refractivity contribution in [3.05, 3.63) is 83.4 Å². The van der Waals surface area contributed by atoms with Crippen LogP contribution in [0.5, 0.6) is 0 Å². The normalized spacial score (nSPS) is 26.7. The first-order chi connectivity index (χ1) is 17.1. The lowest BCUT2D eigenvalue weighted by atomic mass is 9.53. The molecule has 3 aliphatic rings. The molecule has 0 saturated heterocycles. The molecule has 7 nitrogen and oxygen atoms in total. The smallest absolute Gasteiger partial charge is 0.203 e. The topological polar surface area (TPSA) is 113 Å². The minimum absolute atomic E-state index is 0.0886. The Morgan fingerprint density at radius 2 is 1.71 bits per heavy atom. The quantitative estimate of drug-likeness (QED) is 0.325. The summed E-state index contributed by atoms with van der Waals surface area (Å²) in [5, 5.41) is 26.4. The first kappa shape index (κ1) is 22.2. The zero-order valence-corrected chi connectivity index (χ0v) is 19.8. The highest BCUT2D eigenvalue weighted by Gasteiger charge is 2.54. The number of anilines is 1. The average molecular weight is 469 g/mol. The van der Waals surface area contributed by atoms with E-state index in [0.717, 1.165) is 56.1 Å². The maximum Gasteiger partial charge on any atom is 0.203 e. The molecule has 0 radical (unpaired) electrons. The highest BCUT2D eigenvalue weighted by Crippen LogP contribution is 2.53. The molecule has 2 unspecified atom stereocenters. The monoisotopic (exact) mass is 468 g/mol. The Morgan fingerprint density at radius 1 is 1.00 bits per heavy atom. The summed E-state index contributed by atoms with van der Waals surface area (Å²) in [5.74, 6) is 0.534. The molecule has 180 valence electrons. The van der Waals surface area contributed by atoms with Gasteiger partial charge in [-0.1, -0.05) is 60.7 Å². The SMILES string of the molecule is Nc1cc(C(CCNC23CCC(c4ccccc4)(CC2)CC3O)c2ccccc2)c2n[nH]nc2n1. The van der Waals surface area contributed by atoms with E-state index in [1.165, 1.54) is 11.1 Å². The van der Waals surface area contributed by atoms with E-state index in [2.05, 4.69) is 80.3 Å². The van der Waals surface area contributed by atoms with Gasteiger partial charge in [0.25, 0.3) is 0 Å². The van der Waals surface area contributed by atoms with Gasteiger partial charge in [-0.2, -0.15) is 10.3 Å². The fourth-order valence-corrected chi connectivity index (χ4v) is 6.57. The largest absolute Gasteiger partial charge is 0.391 e. The zero-order valence-electron chi connectivity index (χ0n) is 19.8. The molecule has 35 heavy (non-hydrogen) atoms. The molecular weight excluding hydrogens is 436 g/mol. The van der Waals surface area contributed by atoms with Crippen LogP contribution in [0.1, 0.15) is 61.1 Å². The second-order valence-electron chi connectivity index (χ2n) is 10.3. The van der Waals surface area contributed by atoms with Crippen LogP contribution in [0.25, 0.3) is 11.2 Å². The van der Waals surface area contributed by atoms with Gasteiger partial charge in [0, 0.05) is 11.5 Å². The van der Waals surface area contributed by atoms with Crippen molar-refractivity contribution in [2.75, 3.05) is 12.3 Å². The second kappa shape index (κ2) is 8.73. The molecule has 7 heteroatoms. The van der Waals surface area contributed by atoms with Crippen LogP contribution in [-0.2, 0) is 5.41 Å². The van der Waals surface area contributed by atoms with Crippen molar-refractivity contribution in [1.29, 1.82) is 0 Å². The number of H-pyrrole nitrogens is 1. The van der Waals surface area contributed by atoms with Gasteiger partial charge in [-0.15, -0.1) is 5.10 Å². The minimum atomic E-state index is -0.348. The van der Waals surface area contributed by atoms with Crippen LogP contribution in [0.15, 0.2) is 66.7 Å². The molecule has 0 amide bonds. The number of hydrogen-bond acceptors (Lipinski definition) is 6. The summed E-state index contributed by atoms with van der Waals surface area (Å²) in [6.07, 6.45) is 5.55. The number of aliphatic hydroxyl groups is 1. The lowest BCUT2D eigenvalue weighted by Gasteiger charge is -2.57. The van der Waals surface area contributed by atoms with Gasteiger partial charge in [0.1, 0.15) is 11.3 Å². The van der Waals surface area contributed by atoms with E-state index in [-0.39, 0.29) is 23.0 Å². The molecule has 2 aromatic heterocycles. The van der Waals surface area contributed by atoms with Crippen LogP contribution < -0.4 is 11.1 Å². The molecule has 3 saturated carbocycles. The van der Waals surface area contributed by atoms with E-state index in [9.17, 15) is 5.11 Å². The highest BCUT2D eigenvalue weighted by molar-refractivity contribution is 5.77. The zero-order chi connectivity index (χ0) is 23.9. The van der Waals surface area contributed by atoms with Crippen molar-refractivity contribution in [1.82, 2.24) is 25.7 Å². The van der Waals surface area contributed by atoms with E-state index in [4.69, 9.17) is 5.73 Å².